The van der Waals surface area contributed by atoms with E-state index in [1.807, 2.05) is 68.4 Å². The summed E-state index contributed by atoms with van der Waals surface area (Å²) in [6.07, 6.45) is 0. The summed E-state index contributed by atoms with van der Waals surface area (Å²) in [6.45, 7) is 3.74. The van der Waals surface area contributed by atoms with Crippen LogP contribution in [0.3, 0.4) is 0 Å². The van der Waals surface area contributed by atoms with Crippen molar-refractivity contribution in [3.8, 4) is 22.6 Å². The van der Waals surface area contributed by atoms with E-state index < -0.39 is 41.5 Å². The number of nitrogens with zero attached hydrogens (tertiary/aromatic N) is 6. The first-order valence-electron chi connectivity index (χ1n) is 18.1. The zero-order valence-electron chi connectivity index (χ0n) is 33.5. The Balaban J connectivity index is 0.00000321. The molecule has 0 heterocycles. The molecule has 0 radical (unpaired) electrons. The summed E-state index contributed by atoms with van der Waals surface area (Å²) >= 11 is 0. The van der Waals surface area contributed by atoms with Crippen molar-refractivity contribution in [3.63, 3.8) is 0 Å². The number of aryl methyl sites for hydroxylation is 2. The Bertz CT molecular complexity index is 3400. The van der Waals surface area contributed by atoms with Gasteiger partial charge in [-0.15, -0.1) is 10.2 Å². The fourth-order valence-corrected chi connectivity index (χ4v) is 8.27. The molecule has 0 fully saturated rings. The van der Waals surface area contributed by atoms with Gasteiger partial charge in [-0.1, -0.05) is 96.4 Å². The van der Waals surface area contributed by atoms with E-state index in [9.17, 15) is 36.2 Å². The quantitative estimate of drug-likeness (QED) is 0.109. The molecule has 18 heteroatoms. The molecule has 0 aliphatic rings. The van der Waals surface area contributed by atoms with E-state index in [1.165, 1.54) is 24.3 Å². The molecule has 298 valence electrons. The van der Waals surface area contributed by atoms with Crippen LogP contribution in [-0.4, -0.2) is 25.9 Å². The summed E-state index contributed by atoms with van der Waals surface area (Å²) in [5.41, 5.74) is 4.88. The van der Waals surface area contributed by atoms with Gasteiger partial charge in [0.1, 0.15) is 9.79 Å². The van der Waals surface area contributed by atoms with E-state index in [1.54, 1.807) is 42.5 Å². The second-order valence-corrected chi connectivity index (χ2v) is 16.5. The van der Waals surface area contributed by atoms with Crippen LogP contribution in [0, 0.1) is 13.8 Å². The van der Waals surface area contributed by atoms with E-state index in [0.29, 0.717) is 33.5 Å². The molecule has 8 rings (SSSR count). The van der Waals surface area contributed by atoms with E-state index in [-0.39, 0.29) is 92.0 Å². The van der Waals surface area contributed by atoms with Crippen molar-refractivity contribution in [2.75, 3.05) is 0 Å². The molecule has 62 heavy (non-hydrogen) atoms. The monoisotopic (exact) mass is 880 g/mol. The van der Waals surface area contributed by atoms with Crippen LogP contribution >= 0.6 is 0 Å². The summed E-state index contributed by atoms with van der Waals surface area (Å²) in [6, 6.07) is 36.0. The van der Waals surface area contributed by atoms with Gasteiger partial charge in [-0.3, -0.25) is 9.11 Å². The number of benzene rings is 8. The number of rotatable bonds is 9. The maximum absolute atomic E-state index is 13.2. The molecular formula is C44H30N6Na2O8S2. The molecule has 0 spiro atoms. The summed E-state index contributed by atoms with van der Waals surface area (Å²) < 4.78 is 68.1. The van der Waals surface area contributed by atoms with Gasteiger partial charge < -0.3 is 10.2 Å². The Morgan fingerprint density at radius 3 is 1.02 bits per heavy atom. The molecule has 0 bridgehead atoms. The Morgan fingerprint density at radius 1 is 0.387 bits per heavy atom. The second kappa shape index (κ2) is 18.6. The van der Waals surface area contributed by atoms with Crippen molar-refractivity contribution < 1.29 is 95.3 Å². The minimum absolute atomic E-state index is 0. The van der Waals surface area contributed by atoms with Crippen LogP contribution in [0.25, 0.3) is 43.4 Å². The van der Waals surface area contributed by atoms with Gasteiger partial charge in [0, 0.05) is 21.5 Å². The largest absolute Gasteiger partial charge is 1.00 e. The average molecular weight is 881 g/mol. The number of hydrogen-bond donors (Lipinski definition) is 2. The van der Waals surface area contributed by atoms with Gasteiger partial charge in [0.05, 0.1) is 34.1 Å². The fourth-order valence-electron chi connectivity index (χ4n) is 6.84. The van der Waals surface area contributed by atoms with Crippen LogP contribution in [0.1, 0.15) is 11.1 Å². The van der Waals surface area contributed by atoms with Gasteiger partial charge in [0.15, 0.2) is 0 Å². The first-order valence-corrected chi connectivity index (χ1v) is 20.9. The fraction of sp³-hybridized carbons (Fsp3) is 0.0455. The molecule has 0 aliphatic heterocycles. The van der Waals surface area contributed by atoms with Gasteiger partial charge in [0.25, 0.3) is 20.2 Å². The molecule has 0 amide bonds. The molecule has 0 atom stereocenters. The van der Waals surface area contributed by atoms with Crippen LogP contribution in [0.4, 0.5) is 34.1 Å². The van der Waals surface area contributed by atoms with E-state index >= 15 is 0 Å². The molecule has 0 unspecified atom stereocenters. The van der Waals surface area contributed by atoms with Crippen molar-refractivity contribution >= 4 is 86.7 Å². The standard InChI is InChI=1S/C44H32N6O8S2.2Na/c1-25-21-27(28-16-18-36(26(2)22-28)46-49-39-23-41(59(53,54)55)31-11-5-7-13-33(31)43(39)51)15-17-35(25)45-47-37-19-20-38(30-10-4-3-9-29(30)37)48-50-40-24-42(60(56,57)58)32-12-6-8-14-34(32)44(40)52;;/h3-24,51-52H,1-2H3,(H,53,54,55)(H,56,57,58);;/q;2*+1/p-2. The maximum atomic E-state index is 13.2. The van der Waals surface area contributed by atoms with Crippen molar-refractivity contribution in [1.29, 1.82) is 0 Å². The smallest absolute Gasteiger partial charge is 0.871 e. The van der Waals surface area contributed by atoms with Gasteiger partial charge in [-0.05, 0) is 95.4 Å². The van der Waals surface area contributed by atoms with Gasteiger partial charge in [-0.2, -0.15) is 37.3 Å². The predicted molar refractivity (Wildman–Crippen MR) is 224 cm³/mol. The molecule has 8 aromatic carbocycles. The minimum Gasteiger partial charge on any atom is -0.871 e. The van der Waals surface area contributed by atoms with Crippen LogP contribution in [0.5, 0.6) is 11.5 Å². The molecule has 0 saturated carbocycles. The molecule has 0 aliphatic carbocycles. The molecule has 2 N–H and O–H groups in total. The van der Waals surface area contributed by atoms with Crippen LogP contribution in [0.15, 0.2) is 174 Å². The van der Waals surface area contributed by atoms with Crippen molar-refractivity contribution in [3.05, 3.63) is 145 Å². The normalized spacial score (nSPS) is 12.1. The molecular weight excluding hydrogens is 851 g/mol. The third-order valence-electron chi connectivity index (χ3n) is 9.83. The maximum Gasteiger partial charge on any atom is 1.00 e. The number of fused-ring (bicyclic) bond motifs is 3. The summed E-state index contributed by atoms with van der Waals surface area (Å²) in [5.74, 6) is -1.06. The zero-order valence-corrected chi connectivity index (χ0v) is 39.2. The summed E-state index contributed by atoms with van der Waals surface area (Å²) in [5, 5.41) is 53.7. The Labute approximate surface area is 399 Å². The Kier molecular flexibility index (Phi) is 13.9. The van der Waals surface area contributed by atoms with Crippen LogP contribution in [-0.2, 0) is 20.2 Å². The third-order valence-corrected chi connectivity index (χ3v) is 11.6. The minimum atomic E-state index is -4.66. The number of azo groups is 3. The SMILES string of the molecule is Cc1cc(-c2ccc(N=Nc3ccc(N=Nc4cc(S(=O)(=O)O)c5ccccc5c4[O-])c4ccccc34)c(C)c2)ccc1N=Nc1cc(S(=O)(=O)O)c2ccccc2c1[O-].[Na+].[Na+]. The second-order valence-electron chi connectivity index (χ2n) is 13.7. The summed E-state index contributed by atoms with van der Waals surface area (Å²) in [7, 11) is -9.30. The Hall–Kier alpha value is -5.24. The van der Waals surface area contributed by atoms with E-state index in [4.69, 9.17) is 0 Å². The first-order chi connectivity index (χ1) is 28.7. The van der Waals surface area contributed by atoms with Crippen LogP contribution in [0.2, 0.25) is 0 Å². The summed E-state index contributed by atoms with van der Waals surface area (Å²) in [4.78, 5) is -0.869. The van der Waals surface area contributed by atoms with Crippen molar-refractivity contribution in [2.45, 2.75) is 23.6 Å². The molecule has 14 nitrogen and oxygen atoms in total. The Morgan fingerprint density at radius 2 is 0.677 bits per heavy atom. The van der Waals surface area contributed by atoms with Crippen molar-refractivity contribution in [2.24, 2.45) is 30.7 Å². The van der Waals surface area contributed by atoms with Gasteiger partial charge in [0.2, 0.25) is 0 Å². The zero-order chi connectivity index (χ0) is 42.3. The van der Waals surface area contributed by atoms with Crippen molar-refractivity contribution in [1.82, 2.24) is 0 Å². The van der Waals surface area contributed by atoms with E-state index in [2.05, 4.69) is 30.7 Å². The van der Waals surface area contributed by atoms with Gasteiger partial charge in [-0.25, -0.2) is 0 Å². The van der Waals surface area contributed by atoms with Gasteiger partial charge >= 0.3 is 59.1 Å². The van der Waals surface area contributed by atoms with E-state index in [0.717, 1.165) is 34.4 Å². The third kappa shape index (κ3) is 9.40. The molecule has 0 aromatic heterocycles. The molecule has 0 saturated heterocycles. The molecule has 8 aromatic rings. The predicted octanol–water partition coefficient (Wildman–Crippen LogP) is 5.32. The first kappa shape index (κ1) is 46.3. The average Bonchev–Trinajstić information content (AvgIpc) is 3.22. The number of hydrogen-bond acceptors (Lipinski definition) is 12. The van der Waals surface area contributed by atoms with Crippen LogP contribution < -0.4 is 69.3 Å². The topological polar surface area (TPSA) is 229 Å².